The van der Waals surface area contributed by atoms with Gasteiger partial charge in [0.2, 0.25) is 11.9 Å². The topological polar surface area (TPSA) is 283 Å². The van der Waals surface area contributed by atoms with Crippen LogP contribution in [0.2, 0.25) is 0 Å². The van der Waals surface area contributed by atoms with Crippen LogP contribution in [0.25, 0.3) is 11.2 Å². The van der Waals surface area contributed by atoms with Gasteiger partial charge in [-0.25, -0.2) is 19.1 Å². The van der Waals surface area contributed by atoms with Crippen LogP contribution in [0.15, 0.2) is 168 Å². The number of fused-ring (bicyclic) bond motifs is 1. The van der Waals surface area contributed by atoms with Crippen LogP contribution in [-0.2, 0) is 52.3 Å². The molecule has 85 heavy (non-hydrogen) atoms. The van der Waals surface area contributed by atoms with E-state index in [-0.39, 0.29) is 42.4 Å². The number of para-hydroxylation sites is 1. The minimum absolute atomic E-state index is 0.0141. The molecular weight excluding hydrogens is 1120 g/mol. The van der Waals surface area contributed by atoms with Crippen LogP contribution < -0.4 is 36.1 Å². The first kappa shape index (κ1) is 59.3. The van der Waals surface area contributed by atoms with Crippen molar-refractivity contribution in [2.45, 2.75) is 69.2 Å². The number of carbonyl (C=O) groups is 3. The Morgan fingerprint density at radius 3 is 1.91 bits per heavy atom. The summed E-state index contributed by atoms with van der Waals surface area (Å²) in [7, 11) is -0.466. The number of amides is 2. The summed E-state index contributed by atoms with van der Waals surface area (Å²) in [5, 5.41) is 5.25. The van der Waals surface area contributed by atoms with Crippen LogP contribution in [-0.4, -0.2) is 112 Å². The number of ether oxygens (including phenoxy) is 7. The predicted molar refractivity (Wildman–Crippen MR) is 307 cm³/mol. The van der Waals surface area contributed by atoms with E-state index in [2.05, 4.69) is 30.6 Å². The first-order valence-electron chi connectivity index (χ1n) is 27.0. The van der Waals surface area contributed by atoms with E-state index in [9.17, 15) is 24.0 Å². The number of carbonyl (C=O) groups excluding carboxylic acids is 3. The van der Waals surface area contributed by atoms with E-state index >= 15 is 4.57 Å². The van der Waals surface area contributed by atoms with Crippen LogP contribution in [0.1, 0.15) is 66.2 Å². The second-order valence-corrected chi connectivity index (χ2v) is 21.7. The first-order valence-corrected chi connectivity index (χ1v) is 28.5. The zero-order valence-electron chi connectivity index (χ0n) is 46.8. The zero-order valence-corrected chi connectivity index (χ0v) is 47.7. The van der Waals surface area contributed by atoms with Crippen LogP contribution >= 0.6 is 7.82 Å². The highest BCUT2D eigenvalue weighted by Gasteiger charge is 2.48. The lowest BCUT2D eigenvalue weighted by Crippen LogP contribution is -2.38. The average Bonchev–Trinajstić information content (AvgIpc) is 2.52. The van der Waals surface area contributed by atoms with E-state index in [1.54, 1.807) is 88.7 Å². The molecule has 2 aliphatic heterocycles. The second-order valence-electron chi connectivity index (χ2n) is 19.9. The van der Waals surface area contributed by atoms with Crippen LogP contribution in [0.4, 0.5) is 11.8 Å². The summed E-state index contributed by atoms with van der Waals surface area (Å²) in [4.78, 5) is 81.8. The standard InChI is InChI=1S/C60H61N8O16P/c1-37(2)55(70)65-58-64-54-53(57(72)66-58)61-36-68(54)51-31-45(83-52(69)35-78-44-19-13-8-14-20-44)48(82-51)34-80-85(74,77-5)84-46-32-50(67-30-29-49(63-59(67)73)62-56(71)38-15-9-6-10-16-38)81-47(46)33-79-60(39-17-11-7-12-18-39,40-21-25-42(75-3)26-22-40)41-23-27-43(76-4)28-24-41/h6-30,36-37,45-48,50-51H,31-35H2,1-5H3,(H,62,63,71,73)(H2,64,65,66,70,72)/t45-,46-,47+,48+,50+,51+,85?/m0/s1. The van der Waals surface area contributed by atoms with Gasteiger partial charge in [0.1, 0.15) is 65.5 Å². The number of aromatic amines is 1. The Kier molecular flexibility index (Phi) is 18.4. The molecule has 7 atom stereocenters. The molecule has 5 heterocycles. The maximum absolute atomic E-state index is 15.1. The maximum Gasteiger partial charge on any atom is 0.474 e. The van der Waals surface area contributed by atoms with Crippen molar-refractivity contribution in [1.29, 1.82) is 0 Å². The molecule has 0 spiro atoms. The van der Waals surface area contributed by atoms with Gasteiger partial charge in [0.25, 0.3) is 11.5 Å². The van der Waals surface area contributed by atoms with Crippen LogP contribution in [0.3, 0.4) is 0 Å². The van der Waals surface area contributed by atoms with E-state index in [4.69, 9.17) is 46.7 Å². The number of rotatable bonds is 24. The summed E-state index contributed by atoms with van der Waals surface area (Å²) < 4.78 is 79.0. The van der Waals surface area contributed by atoms with Crippen molar-refractivity contribution < 1.29 is 65.7 Å². The van der Waals surface area contributed by atoms with Gasteiger partial charge in [-0.05, 0) is 71.3 Å². The first-order chi connectivity index (χ1) is 41.1. The Bertz CT molecular complexity index is 3730. The fraction of sp³-hybridized carbons (Fsp3) is 0.300. The van der Waals surface area contributed by atoms with E-state index in [0.29, 0.717) is 33.9 Å². The third kappa shape index (κ3) is 13.6. The molecule has 442 valence electrons. The quantitative estimate of drug-likeness (QED) is 0.0294. The molecule has 1 unspecified atom stereocenters. The van der Waals surface area contributed by atoms with E-state index < -0.39 is 98.5 Å². The number of aromatic nitrogens is 6. The molecule has 3 N–H and O–H groups in total. The molecule has 2 saturated heterocycles. The number of imidazole rings is 1. The van der Waals surface area contributed by atoms with Gasteiger partial charge >= 0.3 is 19.5 Å². The molecule has 0 saturated carbocycles. The van der Waals surface area contributed by atoms with Crippen molar-refractivity contribution in [2.24, 2.45) is 5.92 Å². The molecular formula is C60H61N8O16P. The van der Waals surface area contributed by atoms with Crippen LogP contribution in [0.5, 0.6) is 17.2 Å². The van der Waals surface area contributed by atoms with Gasteiger partial charge in [-0.3, -0.25) is 47.4 Å². The third-order valence-corrected chi connectivity index (χ3v) is 15.6. The molecule has 8 aromatic rings. The Morgan fingerprint density at radius 2 is 1.29 bits per heavy atom. The lowest BCUT2D eigenvalue weighted by Gasteiger charge is -2.37. The number of anilines is 2. The minimum Gasteiger partial charge on any atom is -0.497 e. The summed E-state index contributed by atoms with van der Waals surface area (Å²) in [5.74, 6) is -0.620. The number of phosphoric acid groups is 1. The van der Waals surface area contributed by atoms with Gasteiger partial charge in [0.05, 0.1) is 33.8 Å². The summed E-state index contributed by atoms with van der Waals surface area (Å²) >= 11 is 0. The number of hydrogen-bond donors (Lipinski definition) is 3. The number of nitrogens with one attached hydrogen (secondary N) is 3. The van der Waals surface area contributed by atoms with Gasteiger partial charge in [0, 0.05) is 37.6 Å². The Hall–Kier alpha value is -8.87. The number of nitrogens with zero attached hydrogens (tertiary/aromatic N) is 5. The van der Waals surface area contributed by atoms with E-state index in [0.717, 1.165) is 12.7 Å². The smallest absolute Gasteiger partial charge is 0.474 e. The highest BCUT2D eigenvalue weighted by molar-refractivity contribution is 7.48. The molecule has 0 aliphatic carbocycles. The average molecular weight is 1180 g/mol. The fourth-order valence-corrected chi connectivity index (χ4v) is 10.9. The highest BCUT2D eigenvalue weighted by Crippen LogP contribution is 2.54. The minimum atomic E-state index is -4.72. The zero-order chi connectivity index (χ0) is 59.7. The van der Waals surface area contributed by atoms with E-state index in [1.165, 1.54) is 27.7 Å². The highest BCUT2D eigenvalue weighted by atomic mass is 31.2. The number of hydrogen-bond acceptors (Lipinski definition) is 19. The molecule has 2 amide bonds. The van der Waals surface area contributed by atoms with Crippen molar-refractivity contribution in [2.75, 3.05) is 51.8 Å². The second kappa shape index (κ2) is 26.4. The van der Waals surface area contributed by atoms with Gasteiger partial charge in [-0.15, -0.1) is 0 Å². The third-order valence-electron chi connectivity index (χ3n) is 14.2. The molecule has 0 bridgehead atoms. The molecule has 2 aliphatic rings. The monoisotopic (exact) mass is 1180 g/mol. The predicted octanol–water partition coefficient (Wildman–Crippen LogP) is 7.97. The lowest BCUT2D eigenvalue weighted by molar-refractivity contribution is -0.155. The lowest BCUT2D eigenvalue weighted by atomic mass is 9.80. The van der Waals surface area contributed by atoms with Crippen molar-refractivity contribution >= 4 is 48.5 Å². The molecule has 10 rings (SSSR count). The molecule has 2 fully saturated rings. The Balaban J connectivity index is 0.956. The van der Waals surface area contributed by atoms with E-state index in [1.807, 2.05) is 78.9 Å². The number of phosphoric ester groups is 1. The SMILES string of the molecule is COc1ccc(C(OC[C@H]2O[C@@H](n3ccc(NC(=O)c4ccccc4)nc3=O)C[C@@H]2OP(=O)(OC)OC[C@H]2O[C@@H](n3cnc4c(=O)[nH]c(NC(=O)C(C)C)nc43)C[C@@H]2OC(=O)COc2ccccc2)(c2ccccc2)c2ccc(OC)cc2)cc1. The summed E-state index contributed by atoms with van der Waals surface area (Å²) in [6.07, 6.45) is -4.26. The van der Waals surface area contributed by atoms with Crippen molar-refractivity contribution in [3.05, 3.63) is 201 Å². The summed E-state index contributed by atoms with van der Waals surface area (Å²) in [6.45, 7) is 2.03. The molecule has 3 aromatic heterocycles. The maximum atomic E-state index is 15.1. The Morgan fingerprint density at radius 1 is 0.706 bits per heavy atom. The van der Waals surface area contributed by atoms with Gasteiger partial charge in [-0.1, -0.05) is 105 Å². The summed E-state index contributed by atoms with van der Waals surface area (Å²) in [5.41, 5.74) is -0.369. The van der Waals surface area contributed by atoms with Gasteiger partial charge < -0.3 is 38.5 Å². The molecule has 25 heteroatoms. The normalized spacial score (nSPS) is 19.3. The largest absolute Gasteiger partial charge is 0.497 e. The summed E-state index contributed by atoms with van der Waals surface area (Å²) in [6, 6.07) is 42.8. The van der Waals surface area contributed by atoms with Gasteiger partial charge in [0.15, 0.2) is 17.8 Å². The van der Waals surface area contributed by atoms with Crippen molar-refractivity contribution in [3.8, 4) is 17.2 Å². The van der Waals surface area contributed by atoms with Crippen molar-refractivity contribution in [3.63, 3.8) is 0 Å². The molecule has 5 aromatic carbocycles. The Labute approximate surface area is 486 Å². The number of esters is 1. The number of H-pyrrole nitrogens is 1. The number of methoxy groups -OCH3 is 2. The van der Waals surface area contributed by atoms with Crippen molar-refractivity contribution in [1.82, 2.24) is 29.1 Å². The molecule has 24 nitrogen and oxygen atoms in total. The number of benzene rings is 5. The fourth-order valence-electron chi connectivity index (χ4n) is 9.81. The van der Waals surface area contributed by atoms with Gasteiger partial charge in [-0.2, -0.15) is 9.97 Å². The molecule has 0 radical (unpaired) electrons. The van der Waals surface area contributed by atoms with Crippen LogP contribution in [0, 0.1) is 5.92 Å².